The monoisotopic (exact) mass is 370 g/mol. The zero-order valence-electron chi connectivity index (χ0n) is 13.6. The van der Waals surface area contributed by atoms with E-state index in [4.69, 9.17) is 4.42 Å². The third-order valence-corrected chi connectivity index (χ3v) is 3.73. The molecule has 0 fully saturated rings. The van der Waals surface area contributed by atoms with Crippen molar-refractivity contribution < 1.29 is 8.81 Å². The Morgan fingerprint density at radius 3 is 2.54 bits per heavy atom. The summed E-state index contributed by atoms with van der Waals surface area (Å²) in [6, 6.07) is 17.8. The molecule has 5 nitrogen and oxygen atoms in total. The van der Waals surface area contributed by atoms with Crippen LogP contribution in [0.15, 0.2) is 71.3 Å². The Morgan fingerprint density at radius 2 is 1.73 bits per heavy atom. The summed E-state index contributed by atoms with van der Waals surface area (Å²) >= 11 is 0. The van der Waals surface area contributed by atoms with Crippen LogP contribution in [-0.4, -0.2) is 9.97 Å². The van der Waals surface area contributed by atoms with Gasteiger partial charge >= 0.3 is 0 Å². The van der Waals surface area contributed by atoms with Gasteiger partial charge in [0.25, 0.3) is 0 Å². The lowest BCUT2D eigenvalue weighted by molar-refractivity contribution is 0.518. The molecule has 26 heavy (non-hydrogen) atoms. The molecule has 0 saturated carbocycles. The summed E-state index contributed by atoms with van der Waals surface area (Å²) in [5.74, 6) is 1.42. The zero-order chi connectivity index (χ0) is 17.1. The smallest absolute Gasteiger partial charge is 0.229 e. The molecule has 0 bridgehead atoms. The van der Waals surface area contributed by atoms with Gasteiger partial charge in [-0.25, -0.2) is 9.37 Å². The Balaban J connectivity index is 0.00000196. The molecule has 0 saturated heterocycles. The van der Waals surface area contributed by atoms with Crippen molar-refractivity contribution in [2.24, 2.45) is 0 Å². The molecule has 4 aromatic rings. The van der Waals surface area contributed by atoms with Crippen molar-refractivity contribution in [3.05, 3.63) is 78.5 Å². The number of halogens is 2. The van der Waals surface area contributed by atoms with E-state index in [0.717, 1.165) is 16.7 Å². The van der Waals surface area contributed by atoms with E-state index < -0.39 is 0 Å². The molecule has 7 heteroatoms. The third-order valence-electron chi connectivity index (χ3n) is 3.73. The first-order chi connectivity index (χ1) is 12.3. The molecule has 0 aliphatic carbocycles. The van der Waals surface area contributed by atoms with Crippen molar-refractivity contribution in [2.75, 3.05) is 10.6 Å². The highest BCUT2D eigenvalue weighted by atomic mass is 35.5. The predicted octanol–water partition coefficient (Wildman–Crippen LogP) is 5.14. The average Bonchev–Trinajstić information content (AvgIpc) is 3.15. The Kier molecular flexibility index (Phi) is 5.34. The Hall–Kier alpha value is -3.12. The van der Waals surface area contributed by atoms with Crippen LogP contribution in [-0.2, 0) is 6.54 Å². The van der Waals surface area contributed by atoms with Crippen LogP contribution in [0.4, 0.5) is 21.8 Å². The second-order valence-electron chi connectivity index (χ2n) is 5.45. The molecule has 132 valence electrons. The summed E-state index contributed by atoms with van der Waals surface area (Å²) in [5, 5.41) is 7.07. The fourth-order valence-electron chi connectivity index (χ4n) is 2.53. The van der Waals surface area contributed by atoms with Crippen LogP contribution < -0.4 is 10.6 Å². The summed E-state index contributed by atoms with van der Waals surface area (Å²) in [7, 11) is 0. The SMILES string of the molecule is Cl.Fc1ccccc1Nc1nc(NCc2ccco2)c2ccccc2n1. The van der Waals surface area contributed by atoms with E-state index in [1.54, 1.807) is 24.5 Å². The first-order valence-corrected chi connectivity index (χ1v) is 7.84. The highest BCUT2D eigenvalue weighted by molar-refractivity contribution is 5.90. The summed E-state index contributed by atoms with van der Waals surface area (Å²) in [6.07, 6.45) is 1.63. The van der Waals surface area contributed by atoms with Crippen molar-refractivity contribution in [3.8, 4) is 0 Å². The maximum atomic E-state index is 13.9. The fourth-order valence-corrected chi connectivity index (χ4v) is 2.53. The van der Waals surface area contributed by atoms with Crippen LogP contribution in [0.25, 0.3) is 10.9 Å². The largest absolute Gasteiger partial charge is 0.467 e. The summed E-state index contributed by atoms with van der Waals surface area (Å²) in [6.45, 7) is 0.493. The minimum absolute atomic E-state index is 0. The zero-order valence-corrected chi connectivity index (χ0v) is 14.5. The first-order valence-electron chi connectivity index (χ1n) is 7.84. The van der Waals surface area contributed by atoms with Crippen molar-refractivity contribution in [3.63, 3.8) is 0 Å². The standard InChI is InChI=1S/C19H15FN4O.ClH/c20-15-8-2-4-10-17(15)23-19-22-16-9-3-1-7-14(16)18(24-19)21-12-13-6-5-11-25-13;/h1-11H,12H2,(H2,21,22,23,24);1H. The number of furan rings is 1. The number of benzene rings is 2. The van der Waals surface area contributed by atoms with Gasteiger partial charge in [0.2, 0.25) is 5.95 Å². The van der Waals surface area contributed by atoms with Crippen LogP contribution in [0, 0.1) is 5.82 Å². The van der Waals surface area contributed by atoms with E-state index in [-0.39, 0.29) is 18.2 Å². The molecule has 0 aliphatic heterocycles. The Morgan fingerprint density at radius 1 is 0.923 bits per heavy atom. The molecule has 2 aromatic heterocycles. The highest BCUT2D eigenvalue weighted by Gasteiger charge is 2.09. The van der Waals surface area contributed by atoms with Gasteiger partial charge < -0.3 is 15.1 Å². The number of aromatic nitrogens is 2. The fraction of sp³-hybridized carbons (Fsp3) is 0.0526. The lowest BCUT2D eigenvalue weighted by Gasteiger charge is -2.11. The van der Waals surface area contributed by atoms with Crippen LogP contribution in [0.3, 0.4) is 0 Å². The minimum Gasteiger partial charge on any atom is -0.467 e. The number of anilines is 3. The van der Waals surface area contributed by atoms with Gasteiger partial charge in [0.05, 0.1) is 24.0 Å². The topological polar surface area (TPSA) is 63.0 Å². The number of para-hydroxylation sites is 2. The molecule has 2 heterocycles. The lowest BCUT2D eigenvalue weighted by Crippen LogP contribution is -2.05. The molecular weight excluding hydrogens is 355 g/mol. The molecule has 0 amide bonds. The molecule has 2 N–H and O–H groups in total. The summed E-state index contributed by atoms with van der Waals surface area (Å²) < 4.78 is 19.2. The van der Waals surface area contributed by atoms with E-state index >= 15 is 0 Å². The Bertz CT molecular complexity index is 1010. The van der Waals surface area contributed by atoms with Crippen LogP contribution in [0.1, 0.15) is 5.76 Å². The highest BCUT2D eigenvalue weighted by Crippen LogP contribution is 2.25. The average molecular weight is 371 g/mol. The predicted molar refractivity (Wildman–Crippen MR) is 103 cm³/mol. The number of hydrogen-bond donors (Lipinski definition) is 2. The molecule has 0 unspecified atom stereocenters. The van der Waals surface area contributed by atoms with E-state index in [0.29, 0.717) is 24.0 Å². The molecule has 0 aliphatic rings. The van der Waals surface area contributed by atoms with Crippen LogP contribution in [0.2, 0.25) is 0 Å². The van der Waals surface area contributed by atoms with Gasteiger partial charge in [0.15, 0.2) is 0 Å². The van der Waals surface area contributed by atoms with Gasteiger partial charge in [-0.2, -0.15) is 4.98 Å². The lowest BCUT2D eigenvalue weighted by atomic mass is 10.2. The van der Waals surface area contributed by atoms with Crippen LogP contribution in [0.5, 0.6) is 0 Å². The van der Waals surface area contributed by atoms with Crippen molar-refractivity contribution in [2.45, 2.75) is 6.54 Å². The normalized spacial score (nSPS) is 10.3. The van der Waals surface area contributed by atoms with E-state index in [1.165, 1.54) is 6.07 Å². The van der Waals surface area contributed by atoms with Gasteiger partial charge in [-0.3, -0.25) is 0 Å². The van der Waals surface area contributed by atoms with Crippen molar-refractivity contribution in [1.82, 2.24) is 9.97 Å². The second kappa shape index (κ2) is 7.84. The summed E-state index contributed by atoms with van der Waals surface area (Å²) in [5.41, 5.74) is 1.09. The first kappa shape index (κ1) is 17.7. The minimum atomic E-state index is -0.357. The molecule has 0 radical (unpaired) electrons. The quantitative estimate of drug-likeness (QED) is 0.509. The summed E-state index contributed by atoms with van der Waals surface area (Å²) in [4.78, 5) is 8.96. The van der Waals surface area contributed by atoms with Gasteiger partial charge in [0, 0.05) is 5.39 Å². The Labute approximate surface area is 155 Å². The molecular formula is C19H16ClFN4O. The molecule has 2 aromatic carbocycles. The third kappa shape index (κ3) is 3.75. The maximum Gasteiger partial charge on any atom is 0.229 e. The van der Waals surface area contributed by atoms with Gasteiger partial charge in [-0.05, 0) is 36.4 Å². The molecule has 0 spiro atoms. The number of fused-ring (bicyclic) bond motifs is 1. The number of hydrogen-bond acceptors (Lipinski definition) is 5. The van der Waals surface area contributed by atoms with Crippen molar-refractivity contribution in [1.29, 1.82) is 0 Å². The second-order valence-corrected chi connectivity index (χ2v) is 5.45. The maximum absolute atomic E-state index is 13.9. The van der Waals surface area contributed by atoms with Gasteiger partial charge in [-0.15, -0.1) is 12.4 Å². The van der Waals surface area contributed by atoms with Crippen LogP contribution >= 0.6 is 12.4 Å². The van der Waals surface area contributed by atoms with Gasteiger partial charge in [-0.1, -0.05) is 24.3 Å². The molecule has 0 atom stereocenters. The number of rotatable bonds is 5. The number of nitrogens with one attached hydrogen (secondary N) is 2. The van der Waals surface area contributed by atoms with E-state index in [1.807, 2.05) is 36.4 Å². The van der Waals surface area contributed by atoms with E-state index in [9.17, 15) is 4.39 Å². The van der Waals surface area contributed by atoms with Crippen molar-refractivity contribution >= 4 is 40.8 Å². The number of nitrogens with zero attached hydrogens (tertiary/aromatic N) is 2. The van der Waals surface area contributed by atoms with Gasteiger partial charge in [0.1, 0.15) is 17.4 Å². The molecule has 4 rings (SSSR count). The van der Waals surface area contributed by atoms with E-state index in [2.05, 4.69) is 20.6 Å².